The van der Waals surface area contributed by atoms with E-state index in [1.54, 1.807) is 0 Å². The zero-order valence-corrected chi connectivity index (χ0v) is 8.56. The van der Waals surface area contributed by atoms with E-state index in [0.717, 1.165) is 11.5 Å². The van der Waals surface area contributed by atoms with Crippen LogP contribution in [0.5, 0.6) is 11.5 Å². The van der Waals surface area contributed by atoms with Gasteiger partial charge in [0.15, 0.2) is 11.5 Å². The molecule has 3 rings (SSSR count). The van der Waals surface area contributed by atoms with Crippen LogP contribution in [-0.4, -0.2) is 18.8 Å². The second-order valence-electron chi connectivity index (χ2n) is 4.33. The SMILES string of the molecule is NC(C1CC1)C1COc2ccccc2O1. The smallest absolute Gasteiger partial charge is 0.161 e. The van der Waals surface area contributed by atoms with E-state index in [4.69, 9.17) is 15.2 Å². The molecule has 1 heterocycles. The molecule has 2 aliphatic rings. The molecule has 15 heavy (non-hydrogen) atoms. The van der Waals surface area contributed by atoms with Gasteiger partial charge in [0.2, 0.25) is 0 Å². The monoisotopic (exact) mass is 205 g/mol. The number of hydrogen-bond acceptors (Lipinski definition) is 3. The normalized spacial score (nSPS) is 26.1. The maximum atomic E-state index is 6.11. The topological polar surface area (TPSA) is 44.5 Å². The Bertz CT molecular complexity index is 362. The Kier molecular flexibility index (Phi) is 2.06. The van der Waals surface area contributed by atoms with E-state index >= 15 is 0 Å². The molecule has 0 radical (unpaired) electrons. The summed E-state index contributed by atoms with van der Waals surface area (Å²) >= 11 is 0. The molecule has 1 aromatic rings. The number of benzene rings is 1. The summed E-state index contributed by atoms with van der Waals surface area (Å²) in [6.45, 7) is 0.578. The van der Waals surface area contributed by atoms with Gasteiger partial charge in [-0.3, -0.25) is 0 Å². The van der Waals surface area contributed by atoms with Crippen molar-refractivity contribution in [2.24, 2.45) is 11.7 Å². The molecule has 3 heteroatoms. The van der Waals surface area contributed by atoms with Crippen LogP contribution < -0.4 is 15.2 Å². The molecule has 3 nitrogen and oxygen atoms in total. The van der Waals surface area contributed by atoms with Gasteiger partial charge >= 0.3 is 0 Å². The van der Waals surface area contributed by atoms with Crippen LogP contribution in [0.2, 0.25) is 0 Å². The molecular weight excluding hydrogens is 190 g/mol. The number of nitrogens with two attached hydrogens (primary N) is 1. The summed E-state index contributed by atoms with van der Waals surface area (Å²) in [6.07, 6.45) is 2.50. The minimum Gasteiger partial charge on any atom is -0.486 e. The van der Waals surface area contributed by atoms with E-state index in [1.807, 2.05) is 24.3 Å². The van der Waals surface area contributed by atoms with Crippen molar-refractivity contribution in [1.29, 1.82) is 0 Å². The fourth-order valence-electron chi connectivity index (χ4n) is 2.01. The third-order valence-corrected chi connectivity index (χ3v) is 3.13. The van der Waals surface area contributed by atoms with E-state index in [2.05, 4.69) is 0 Å². The van der Waals surface area contributed by atoms with Gasteiger partial charge < -0.3 is 15.2 Å². The lowest BCUT2D eigenvalue weighted by molar-refractivity contribution is 0.0668. The fourth-order valence-corrected chi connectivity index (χ4v) is 2.01. The highest BCUT2D eigenvalue weighted by Crippen LogP contribution is 2.37. The number of ether oxygens (including phenoxy) is 2. The summed E-state index contributed by atoms with van der Waals surface area (Å²) in [5.41, 5.74) is 6.11. The summed E-state index contributed by atoms with van der Waals surface area (Å²) in [6, 6.07) is 7.88. The van der Waals surface area contributed by atoms with Crippen molar-refractivity contribution in [3.05, 3.63) is 24.3 Å². The average Bonchev–Trinajstić information content (AvgIpc) is 3.11. The van der Waals surface area contributed by atoms with Crippen molar-refractivity contribution < 1.29 is 9.47 Å². The van der Waals surface area contributed by atoms with Gasteiger partial charge in [-0.25, -0.2) is 0 Å². The highest BCUT2D eigenvalue weighted by molar-refractivity contribution is 5.40. The van der Waals surface area contributed by atoms with E-state index in [9.17, 15) is 0 Å². The van der Waals surface area contributed by atoms with Crippen LogP contribution in [0.15, 0.2) is 24.3 Å². The number of fused-ring (bicyclic) bond motifs is 1. The molecule has 1 aliphatic carbocycles. The molecule has 0 bridgehead atoms. The Morgan fingerprint density at radius 2 is 1.93 bits per heavy atom. The van der Waals surface area contributed by atoms with Gasteiger partial charge in [-0.05, 0) is 30.9 Å². The second kappa shape index (κ2) is 3.42. The molecular formula is C12H15NO2. The first-order valence-electron chi connectivity index (χ1n) is 5.48. The molecule has 2 N–H and O–H groups in total. The second-order valence-corrected chi connectivity index (χ2v) is 4.33. The summed E-state index contributed by atoms with van der Waals surface area (Å²) in [7, 11) is 0. The highest BCUT2D eigenvalue weighted by Gasteiger charge is 2.37. The molecule has 1 aliphatic heterocycles. The maximum Gasteiger partial charge on any atom is 0.161 e. The quantitative estimate of drug-likeness (QED) is 0.797. The van der Waals surface area contributed by atoms with Gasteiger partial charge in [0.25, 0.3) is 0 Å². The van der Waals surface area contributed by atoms with Crippen molar-refractivity contribution in [3.8, 4) is 11.5 Å². The summed E-state index contributed by atoms with van der Waals surface area (Å²) in [5.74, 6) is 2.30. The van der Waals surface area contributed by atoms with Gasteiger partial charge in [0, 0.05) is 6.04 Å². The first-order valence-corrected chi connectivity index (χ1v) is 5.48. The fraction of sp³-hybridized carbons (Fsp3) is 0.500. The summed E-state index contributed by atoms with van der Waals surface area (Å²) in [4.78, 5) is 0. The van der Waals surface area contributed by atoms with Crippen molar-refractivity contribution in [2.45, 2.75) is 25.0 Å². The largest absolute Gasteiger partial charge is 0.486 e. The number of rotatable bonds is 2. The number of hydrogen-bond donors (Lipinski definition) is 1. The van der Waals surface area contributed by atoms with Gasteiger partial charge in [-0.15, -0.1) is 0 Å². The minimum atomic E-state index is 0.0207. The summed E-state index contributed by atoms with van der Waals surface area (Å²) in [5, 5.41) is 0. The van der Waals surface area contributed by atoms with Crippen LogP contribution in [0.25, 0.3) is 0 Å². The van der Waals surface area contributed by atoms with E-state index < -0.39 is 0 Å². The average molecular weight is 205 g/mol. The Hall–Kier alpha value is -1.22. The lowest BCUT2D eigenvalue weighted by Gasteiger charge is -2.30. The van der Waals surface area contributed by atoms with Crippen molar-refractivity contribution >= 4 is 0 Å². The van der Waals surface area contributed by atoms with Gasteiger partial charge in [0.1, 0.15) is 12.7 Å². The molecule has 2 unspecified atom stereocenters. The minimum absolute atomic E-state index is 0.0207. The standard InChI is InChI=1S/C12H15NO2/c13-12(8-5-6-8)11-7-14-9-3-1-2-4-10(9)15-11/h1-4,8,11-12H,5-7,13H2. The lowest BCUT2D eigenvalue weighted by atomic mass is 10.1. The molecule has 1 fully saturated rings. The molecule has 2 atom stereocenters. The first-order chi connectivity index (χ1) is 7.34. The Balaban J connectivity index is 1.76. The molecule has 1 aromatic carbocycles. The van der Waals surface area contributed by atoms with Gasteiger partial charge in [-0.1, -0.05) is 12.1 Å². The van der Waals surface area contributed by atoms with E-state index in [0.29, 0.717) is 12.5 Å². The highest BCUT2D eigenvalue weighted by atomic mass is 16.6. The summed E-state index contributed by atoms with van der Waals surface area (Å²) < 4.78 is 11.5. The Labute approximate surface area is 89.2 Å². The molecule has 0 spiro atoms. The van der Waals surface area contributed by atoms with Gasteiger partial charge in [0.05, 0.1) is 0 Å². The lowest BCUT2D eigenvalue weighted by Crippen LogP contribution is -2.46. The molecule has 0 amide bonds. The number of para-hydroxylation sites is 2. The predicted octanol–water partition coefficient (Wildman–Crippen LogP) is 1.56. The molecule has 0 saturated heterocycles. The maximum absolute atomic E-state index is 6.11. The van der Waals surface area contributed by atoms with Crippen LogP contribution in [0.3, 0.4) is 0 Å². The predicted molar refractivity (Wildman–Crippen MR) is 57.1 cm³/mol. The Morgan fingerprint density at radius 3 is 2.67 bits per heavy atom. The van der Waals surface area contributed by atoms with Crippen LogP contribution >= 0.6 is 0 Å². The molecule has 80 valence electrons. The van der Waals surface area contributed by atoms with E-state index in [1.165, 1.54) is 12.8 Å². The van der Waals surface area contributed by atoms with Crippen molar-refractivity contribution in [2.75, 3.05) is 6.61 Å². The molecule has 0 aromatic heterocycles. The van der Waals surface area contributed by atoms with Gasteiger partial charge in [-0.2, -0.15) is 0 Å². The van der Waals surface area contributed by atoms with Crippen LogP contribution in [0, 0.1) is 5.92 Å². The zero-order chi connectivity index (χ0) is 10.3. The van der Waals surface area contributed by atoms with E-state index in [-0.39, 0.29) is 12.1 Å². The first kappa shape index (κ1) is 9.04. The Morgan fingerprint density at radius 1 is 1.20 bits per heavy atom. The molecule has 1 saturated carbocycles. The zero-order valence-electron chi connectivity index (χ0n) is 8.56. The van der Waals surface area contributed by atoms with Crippen molar-refractivity contribution in [3.63, 3.8) is 0 Å². The van der Waals surface area contributed by atoms with Crippen LogP contribution in [0.4, 0.5) is 0 Å². The van der Waals surface area contributed by atoms with Crippen molar-refractivity contribution in [1.82, 2.24) is 0 Å². The third-order valence-electron chi connectivity index (χ3n) is 3.13. The third kappa shape index (κ3) is 1.67. The van der Waals surface area contributed by atoms with Crippen LogP contribution in [-0.2, 0) is 0 Å². The van der Waals surface area contributed by atoms with Crippen LogP contribution in [0.1, 0.15) is 12.8 Å².